The average molecular weight is 342 g/mol. The second kappa shape index (κ2) is 7.11. The standard InChI is InChI=1S/C19H22N2O4/c1-13-5-4-8-20(19(13)24)12-18(23)21-11-15(22)10-17(21)14-6-3-7-16(9-14)25-2/h3-9,15,17,22H,10-12H2,1-2H3. The Kier molecular flexibility index (Phi) is 4.90. The van der Waals surface area contributed by atoms with Crippen LogP contribution in [0.1, 0.15) is 23.6 Å². The number of nitrogens with zero attached hydrogens (tertiary/aromatic N) is 2. The number of amides is 1. The molecule has 25 heavy (non-hydrogen) atoms. The van der Waals surface area contributed by atoms with E-state index in [9.17, 15) is 14.7 Å². The van der Waals surface area contributed by atoms with Crippen molar-refractivity contribution in [1.82, 2.24) is 9.47 Å². The number of carbonyl (C=O) groups is 1. The normalized spacial score (nSPS) is 19.9. The Labute approximate surface area is 146 Å². The number of β-amino-alcohol motifs (C(OH)–C–C–N with tert-alkyl or cyclic N) is 1. The van der Waals surface area contributed by atoms with Gasteiger partial charge in [-0.15, -0.1) is 0 Å². The van der Waals surface area contributed by atoms with Crippen molar-refractivity contribution in [3.8, 4) is 5.75 Å². The Hall–Kier alpha value is -2.60. The second-order valence-corrected chi connectivity index (χ2v) is 6.35. The molecule has 1 saturated heterocycles. The van der Waals surface area contributed by atoms with E-state index in [1.54, 1.807) is 37.3 Å². The monoisotopic (exact) mass is 342 g/mol. The van der Waals surface area contributed by atoms with Gasteiger partial charge in [-0.05, 0) is 37.1 Å². The maximum Gasteiger partial charge on any atom is 0.253 e. The number of aromatic nitrogens is 1. The first kappa shape index (κ1) is 17.2. The molecule has 0 saturated carbocycles. The van der Waals surface area contributed by atoms with Crippen molar-refractivity contribution in [2.45, 2.75) is 32.0 Å². The van der Waals surface area contributed by atoms with Gasteiger partial charge < -0.3 is 19.3 Å². The van der Waals surface area contributed by atoms with E-state index in [0.29, 0.717) is 17.7 Å². The van der Waals surface area contributed by atoms with Crippen LogP contribution in [0.3, 0.4) is 0 Å². The number of benzene rings is 1. The highest BCUT2D eigenvalue weighted by Gasteiger charge is 2.35. The molecule has 1 aliphatic rings. The summed E-state index contributed by atoms with van der Waals surface area (Å²) in [5.41, 5.74) is 1.34. The minimum atomic E-state index is -0.575. The molecular weight excluding hydrogens is 320 g/mol. The lowest BCUT2D eigenvalue weighted by Gasteiger charge is -2.25. The summed E-state index contributed by atoms with van der Waals surface area (Å²) < 4.78 is 6.66. The quantitative estimate of drug-likeness (QED) is 0.914. The van der Waals surface area contributed by atoms with Gasteiger partial charge in [0.25, 0.3) is 5.56 Å². The van der Waals surface area contributed by atoms with Crippen LogP contribution in [0.15, 0.2) is 47.4 Å². The van der Waals surface area contributed by atoms with Crippen LogP contribution in [-0.4, -0.2) is 40.2 Å². The molecule has 2 atom stereocenters. The summed E-state index contributed by atoms with van der Waals surface area (Å²) >= 11 is 0. The highest BCUT2D eigenvalue weighted by Crippen LogP contribution is 2.33. The molecule has 2 heterocycles. The highest BCUT2D eigenvalue weighted by molar-refractivity contribution is 5.77. The van der Waals surface area contributed by atoms with E-state index in [1.807, 2.05) is 24.3 Å². The zero-order valence-corrected chi connectivity index (χ0v) is 14.4. The van der Waals surface area contributed by atoms with Crippen molar-refractivity contribution in [3.05, 3.63) is 64.1 Å². The molecule has 2 unspecified atom stereocenters. The van der Waals surface area contributed by atoms with Gasteiger partial charge in [0.05, 0.1) is 19.3 Å². The van der Waals surface area contributed by atoms with Crippen LogP contribution in [0.25, 0.3) is 0 Å². The van der Waals surface area contributed by atoms with E-state index in [4.69, 9.17) is 4.74 Å². The van der Waals surface area contributed by atoms with E-state index >= 15 is 0 Å². The van der Waals surface area contributed by atoms with E-state index in [-0.39, 0.29) is 30.6 Å². The Morgan fingerprint density at radius 3 is 2.88 bits per heavy atom. The molecule has 132 valence electrons. The topological polar surface area (TPSA) is 71.8 Å². The molecule has 1 aliphatic heterocycles. The van der Waals surface area contributed by atoms with Gasteiger partial charge in [0.15, 0.2) is 0 Å². The Morgan fingerprint density at radius 2 is 2.12 bits per heavy atom. The van der Waals surface area contributed by atoms with Gasteiger partial charge in [-0.1, -0.05) is 18.2 Å². The lowest BCUT2D eigenvalue weighted by molar-refractivity contribution is -0.133. The largest absolute Gasteiger partial charge is 0.497 e. The third-order valence-corrected chi connectivity index (χ3v) is 4.59. The van der Waals surface area contributed by atoms with Gasteiger partial charge in [0.2, 0.25) is 5.91 Å². The van der Waals surface area contributed by atoms with E-state index in [2.05, 4.69) is 0 Å². The van der Waals surface area contributed by atoms with Crippen LogP contribution < -0.4 is 10.3 Å². The Morgan fingerprint density at radius 1 is 1.32 bits per heavy atom. The van der Waals surface area contributed by atoms with Gasteiger partial charge in [-0.3, -0.25) is 9.59 Å². The van der Waals surface area contributed by atoms with Gasteiger partial charge in [0.1, 0.15) is 12.3 Å². The number of hydrogen-bond acceptors (Lipinski definition) is 4. The zero-order chi connectivity index (χ0) is 18.0. The average Bonchev–Trinajstić information content (AvgIpc) is 3.01. The number of aliphatic hydroxyl groups is 1. The van der Waals surface area contributed by atoms with Gasteiger partial charge in [-0.25, -0.2) is 0 Å². The molecule has 6 nitrogen and oxygen atoms in total. The number of rotatable bonds is 4. The number of aryl methyl sites for hydroxylation is 1. The Balaban J connectivity index is 1.84. The van der Waals surface area contributed by atoms with E-state index in [1.165, 1.54) is 4.57 Å². The molecule has 1 aromatic carbocycles. The molecule has 6 heteroatoms. The number of methoxy groups -OCH3 is 1. The summed E-state index contributed by atoms with van der Waals surface area (Å²) in [4.78, 5) is 26.6. The summed E-state index contributed by atoms with van der Waals surface area (Å²) in [7, 11) is 1.59. The molecule has 1 N–H and O–H groups in total. The molecule has 1 amide bonds. The van der Waals surface area contributed by atoms with Crippen LogP contribution in [0.4, 0.5) is 0 Å². The molecule has 0 spiro atoms. The SMILES string of the molecule is COc1cccc(C2CC(O)CN2C(=O)Cn2cccc(C)c2=O)c1. The minimum Gasteiger partial charge on any atom is -0.497 e. The molecule has 1 fully saturated rings. The predicted octanol–water partition coefficient (Wildman–Crippen LogP) is 1.50. The summed E-state index contributed by atoms with van der Waals surface area (Å²) in [6.45, 7) is 1.96. The van der Waals surface area contributed by atoms with Crippen molar-refractivity contribution >= 4 is 5.91 Å². The maximum absolute atomic E-state index is 12.8. The first-order chi connectivity index (χ1) is 12.0. The smallest absolute Gasteiger partial charge is 0.253 e. The summed E-state index contributed by atoms with van der Waals surface area (Å²) in [6.07, 6.45) is 1.51. The van der Waals surface area contributed by atoms with Crippen LogP contribution in [0.5, 0.6) is 5.75 Å². The van der Waals surface area contributed by atoms with Crippen molar-refractivity contribution in [2.75, 3.05) is 13.7 Å². The fourth-order valence-corrected chi connectivity index (χ4v) is 3.27. The number of carbonyl (C=O) groups excluding carboxylic acids is 1. The second-order valence-electron chi connectivity index (χ2n) is 6.35. The molecule has 0 radical (unpaired) electrons. The summed E-state index contributed by atoms with van der Waals surface area (Å²) in [6, 6.07) is 10.8. The minimum absolute atomic E-state index is 0.0340. The number of ether oxygens (including phenoxy) is 1. The molecule has 1 aromatic heterocycles. The van der Waals surface area contributed by atoms with Crippen molar-refractivity contribution in [1.29, 1.82) is 0 Å². The number of aliphatic hydroxyl groups excluding tert-OH is 1. The van der Waals surface area contributed by atoms with Gasteiger partial charge in [0, 0.05) is 18.3 Å². The lowest BCUT2D eigenvalue weighted by Crippen LogP contribution is -2.37. The lowest BCUT2D eigenvalue weighted by atomic mass is 10.0. The third kappa shape index (κ3) is 3.58. The fourth-order valence-electron chi connectivity index (χ4n) is 3.27. The number of likely N-dealkylation sites (tertiary alicyclic amines) is 1. The van der Waals surface area contributed by atoms with Gasteiger partial charge in [-0.2, -0.15) is 0 Å². The van der Waals surface area contributed by atoms with Crippen molar-refractivity contribution in [2.24, 2.45) is 0 Å². The molecule has 3 rings (SSSR count). The predicted molar refractivity (Wildman–Crippen MR) is 93.5 cm³/mol. The first-order valence-corrected chi connectivity index (χ1v) is 8.27. The van der Waals surface area contributed by atoms with Crippen molar-refractivity contribution in [3.63, 3.8) is 0 Å². The van der Waals surface area contributed by atoms with E-state index < -0.39 is 6.10 Å². The maximum atomic E-state index is 12.8. The van der Waals surface area contributed by atoms with E-state index in [0.717, 1.165) is 5.56 Å². The van der Waals surface area contributed by atoms with Crippen LogP contribution >= 0.6 is 0 Å². The molecule has 0 aliphatic carbocycles. The first-order valence-electron chi connectivity index (χ1n) is 8.27. The van der Waals surface area contributed by atoms with Crippen LogP contribution in [0, 0.1) is 6.92 Å². The van der Waals surface area contributed by atoms with Crippen LogP contribution in [0.2, 0.25) is 0 Å². The fraction of sp³-hybridized carbons (Fsp3) is 0.368. The third-order valence-electron chi connectivity index (χ3n) is 4.59. The number of hydrogen-bond donors (Lipinski definition) is 1. The molecule has 0 bridgehead atoms. The Bertz CT molecular complexity index is 830. The summed E-state index contributed by atoms with van der Waals surface area (Å²) in [5.74, 6) is 0.526. The summed E-state index contributed by atoms with van der Waals surface area (Å²) in [5, 5.41) is 10.1. The van der Waals surface area contributed by atoms with Crippen LogP contribution in [-0.2, 0) is 11.3 Å². The highest BCUT2D eigenvalue weighted by atomic mass is 16.5. The van der Waals surface area contributed by atoms with Crippen molar-refractivity contribution < 1.29 is 14.6 Å². The molecular formula is C19H22N2O4. The van der Waals surface area contributed by atoms with Gasteiger partial charge >= 0.3 is 0 Å². The molecule has 2 aromatic rings. The number of pyridine rings is 1. The zero-order valence-electron chi connectivity index (χ0n) is 14.4.